The maximum absolute atomic E-state index is 9.67. The number of para-hydroxylation sites is 2. The number of halogens is 4. The molecule has 5 nitrogen and oxygen atoms in total. The first-order valence-electron chi connectivity index (χ1n) is 9.97. The number of hydrogen-bond donors (Lipinski definition) is 1. The van der Waals surface area contributed by atoms with E-state index >= 15 is 0 Å². The zero-order valence-electron chi connectivity index (χ0n) is 18.9. The number of H-pyrrole nitrogens is 1. The number of nitrogens with zero attached hydrogens (tertiary/aromatic N) is 2. The summed E-state index contributed by atoms with van der Waals surface area (Å²) in [5.41, 5.74) is 2.88. The molecule has 2 unspecified atom stereocenters. The Kier molecular flexibility index (Phi) is 19.1. The molecule has 1 radical (unpaired) electrons. The summed E-state index contributed by atoms with van der Waals surface area (Å²) >= 11 is 0. The van der Waals surface area contributed by atoms with E-state index in [1.807, 2.05) is 42.5 Å². The van der Waals surface area contributed by atoms with E-state index in [4.69, 9.17) is 9.59 Å². The Morgan fingerprint density at radius 1 is 1.00 bits per heavy atom. The molecule has 2 atom stereocenters. The number of imidazole rings is 1. The van der Waals surface area contributed by atoms with Crippen LogP contribution < -0.4 is 4.70 Å². The van der Waals surface area contributed by atoms with Crippen LogP contribution >= 0.6 is 0 Å². The molecule has 2 aromatic heterocycles. The SMILES string of the molecule is C[C-]1CCC2C=CC=CC12.FB(F)F.[CH-]=O.[CH-]=O.[F-].[Mo+3].c1ccc(-c2nc3ccccc3[nH]2)nc1. The van der Waals surface area contributed by atoms with Crippen molar-refractivity contribution in [2.75, 3.05) is 0 Å². The van der Waals surface area contributed by atoms with E-state index in [1.165, 1.54) is 12.8 Å². The number of rotatable bonds is 1. The first-order chi connectivity index (χ1) is 16.0. The molecule has 1 fully saturated rings. The van der Waals surface area contributed by atoms with E-state index in [0.717, 1.165) is 34.4 Å². The van der Waals surface area contributed by atoms with Crippen LogP contribution in [-0.2, 0) is 30.7 Å². The summed E-state index contributed by atoms with van der Waals surface area (Å²) in [6.07, 6.45) is 13.5. The fourth-order valence-electron chi connectivity index (χ4n) is 3.60. The number of benzene rings is 1. The topological polar surface area (TPSA) is 75.7 Å². The van der Waals surface area contributed by atoms with Crippen LogP contribution in [0.5, 0.6) is 0 Å². The largest absolute Gasteiger partial charge is 3.00 e. The van der Waals surface area contributed by atoms with Gasteiger partial charge in [0.05, 0.1) is 11.0 Å². The van der Waals surface area contributed by atoms with Crippen LogP contribution in [0, 0.1) is 17.8 Å². The first-order valence-corrected chi connectivity index (χ1v) is 9.97. The summed E-state index contributed by atoms with van der Waals surface area (Å²) < 4.78 is 29.0. The third-order valence-corrected chi connectivity index (χ3v) is 4.99. The Hall–Kier alpha value is -2.87. The van der Waals surface area contributed by atoms with Crippen LogP contribution in [0.25, 0.3) is 22.6 Å². The number of aromatic nitrogens is 3. The minimum atomic E-state index is -3.67. The van der Waals surface area contributed by atoms with Crippen molar-refractivity contribution >= 4 is 32.2 Å². The molecule has 0 saturated heterocycles. The van der Waals surface area contributed by atoms with Gasteiger partial charge in [-0.1, -0.05) is 42.8 Å². The van der Waals surface area contributed by atoms with Crippen molar-refractivity contribution in [3.63, 3.8) is 0 Å². The van der Waals surface area contributed by atoms with Gasteiger partial charge in [0.1, 0.15) is 5.69 Å². The van der Waals surface area contributed by atoms with Gasteiger partial charge in [0.15, 0.2) is 5.82 Å². The Morgan fingerprint density at radius 3 is 2.17 bits per heavy atom. The summed E-state index contributed by atoms with van der Waals surface area (Å²) in [7, 11) is -3.67. The Balaban J connectivity index is 0. The Morgan fingerprint density at radius 2 is 1.60 bits per heavy atom. The maximum atomic E-state index is 9.67. The molecule has 2 heterocycles. The van der Waals surface area contributed by atoms with Crippen LogP contribution in [0.15, 0.2) is 73.0 Å². The molecule has 1 N–H and O–H groups in total. The average molecular weight is 569 g/mol. The molecular formula is C24H24BF4MoN3O2-. The van der Waals surface area contributed by atoms with Crippen molar-refractivity contribution in [1.82, 2.24) is 15.0 Å². The van der Waals surface area contributed by atoms with Gasteiger partial charge < -0.3 is 25.2 Å². The molecule has 1 aromatic carbocycles. The standard InChI is InChI=1S/C12H9N3.C10H13.2CHO.BF3.FH.Mo/c1-2-6-10-9(5-1)14-12(15-10)11-7-3-4-8-13-11;1-8-6-7-9-4-2-3-5-10(8)9;2*1-2;2-1(3)4;;/h1-8H,(H,14,15);2-5,9-10H,6-7H2,1H3;2*1H;;1H;/q;3*-1;;;+3/p-1. The molecule has 2 aliphatic rings. The maximum Gasteiger partial charge on any atom is 3.00 e. The normalized spacial score (nSPS) is 16.6. The second-order valence-electron chi connectivity index (χ2n) is 6.91. The van der Waals surface area contributed by atoms with E-state index in [0.29, 0.717) is 0 Å². The van der Waals surface area contributed by atoms with Gasteiger partial charge in [-0.15, -0.1) is 12.0 Å². The van der Waals surface area contributed by atoms with Gasteiger partial charge in [-0.05, 0) is 30.2 Å². The number of hydrogen-bond acceptors (Lipinski definition) is 4. The third kappa shape index (κ3) is 11.4. The number of pyridine rings is 1. The minimum Gasteiger partial charge on any atom is -1.00 e. The van der Waals surface area contributed by atoms with Gasteiger partial charge in [-0.3, -0.25) is 31.5 Å². The summed E-state index contributed by atoms with van der Waals surface area (Å²) in [5, 5.41) is 0. The summed E-state index contributed by atoms with van der Waals surface area (Å²) in [6.45, 7) is 8.79. The monoisotopic (exact) mass is 571 g/mol. The number of nitrogens with one attached hydrogen (secondary N) is 1. The predicted octanol–water partition coefficient (Wildman–Crippen LogP) is 2.69. The molecule has 5 rings (SSSR count). The van der Waals surface area contributed by atoms with E-state index in [1.54, 1.807) is 12.1 Å². The smallest absolute Gasteiger partial charge is 1.00 e. The Labute approximate surface area is 217 Å². The molecule has 185 valence electrons. The summed E-state index contributed by atoms with van der Waals surface area (Å²) in [5.74, 6) is 4.11. The number of carbonyl (C=O) groups excluding carboxylic acids is 2. The van der Waals surface area contributed by atoms with Crippen molar-refractivity contribution in [3.8, 4) is 11.5 Å². The van der Waals surface area contributed by atoms with Gasteiger partial charge in [0.25, 0.3) is 0 Å². The van der Waals surface area contributed by atoms with Crippen LogP contribution in [0.2, 0.25) is 0 Å². The molecule has 11 heteroatoms. The van der Waals surface area contributed by atoms with Gasteiger partial charge in [0.2, 0.25) is 0 Å². The Bertz CT molecular complexity index is 971. The molecule has 0 amide bonds. The molecule has 0 bridgehead atoms. The van der Waals surface area contributed by atoms with E-state index in [-0.39, 0.29) is 25.8 Å². The van der Waals surface area contributed by atoms with Crippen molar-refractivity contribution in [2.24, 2.45) is 11.8 Å². The number of fused-ring (bicyclic) bond motifs is 2. The first kappa shape index (κ1) is 34.3. The summed E-state index contributed by atoms with van der Waals surface area (Å²) in [4.78, 5) is 27.5. The van der Waals surface area contributed by atoms with Crippen molar-refractivity contribution in [3.05, 3.63) is 78.9 Å². The minimum absolute atomic E-state index is 0. The van der Waals surface area contributed by atoms with Gasteiger partial charge in [-0.25, -0.2) is 4.98 Å². The zero-order chi connectivity index (χ0) is 24.6. The van der Waals surface area contributed by atoms with Crippen molar-refractivity contribution in [2.45, 2.75) is 19.8 Å². The summed E-state index contributed by atoms with van der Waals surface area (Å²) in [6, 6.07) is 13.8. The third-order valence-electron chi connectivity index (χ3n) is 4.99. The van der Waals surface area contributed by atoms with Crippen LogP contribution in [-0.4, -0.2) is 36.1 Å². The van der Waals surface area contributed by atoms with E-state index in [9.17, 15) is 12.9 Å². The number of aromatic amines is 1. The average Bonchev–Trinajstić information content (AvgIpc) is 3.46. The van der Waals surface area contributed by atoms with E-state index < -0.39 is 7.54 Å². The van der Waals surface area contributed by atoms with Crippen LogP contribution in [0.4, 0.5) is 12.9 Å². The van der Waals surface area contributed by atoms with Crippen molar-refractivity contribution < 1.29 is 48.3 Å². The molecule has 2 aliphatic carbocycles. The molecule has 1 saturated carbocycles. The molecule has 35 heavy (non-hydrogen) atoms. The fourth-order valence-corrected chi connectivity index (χ4v) is 3.60. The fraction of sp³-hybridized carbons (Fsp3) is 0.208. The van der Waals surface area contributed by atoms with Gasteiger partial charge in [-0.2, -0.15) is 13.3 Å². The van der Waals surface area contributed by atoms with Crippen molar-refractivity contribution in [1.29, 1.82) is 0 Å². The van der Waals surface area contributed by atoms with Crippen LogP contribution in [0.1, 0.15) is 19.8 Å². The van der Waals surface area contributed by atoms with Gasteiger partial charge >= 0.3 is 28.6 Å². The molecule has 0 spiro atoms. The second kappa shape index (κ2) is 19.4. The number of allylic oxidation sites excluding steroid dienone is 4. The quantitative estimate of drug-likeness (QED) is 0.212. The molecular weight excluding hydrogens is 545 g/mol. The van der Waals surface area contributed by atoms with E-state index in [2.05, 4.69) is 59.8 Å². The predicted molar refractivity (Wildman–Crippen MR) is 125 cm³/mol. The van der Waals surface area contributed by atoms with Gasteiger partial charge in [0, 0.05) is 6.20 Å². The second-order valence-corrected chi connectivity index (χ2v) is 6.91. The van der Waals surface area contributed by atoms with Crippen LogP contribution in [0.3, 0.4) is 0 Å². The zero-order valence-corrected chi connectivity index (χ0v) is 20.9. The molecule has 3 aromatic rings. The molecule has 0 aliphatic heterocycles.